The van der Waals surface area contributed by atoms with Crippen LogP contribution in [-0.4, -0.2) is 32.8 Å². The van der Waals surface area contributed by atoms with Crippen LogP contribution in [0.15, 0.2) is 24.8 Å². The molecule has 1 saturated heterocycles. The van der Waals surface area contributed by atoms with Crippen molar-refractivity contribution in [1.82, 2.24) is 25.1 Å². The highest BCUT2D eigenvalue weighted by molar-refractivity contribution is 5.55. The van der Waals surface area contributed by atoms with Gasteiger partial charge in [0, 0.05) is 24.5 Å². The fraction of sp³-hybridized carbons (Fsp3) is 0.562. The molecule has 0 aliphatic carbocycles. The van der Waals surface area contributed by atoms with Crippen LogP contribution in [0.3, 0.4) is 0 Å². The molecule has 0 amide bonds. The summed E-state index contributed by atoms with van der Waals surface area (Å²) in [5.74, 6) is 0.749. The second-order valence-electron chi connectivity index (χ2n) is 5.78. The third kappa shape index (κ3) is 3.67. The largest absolute Gasteiger partial charge is 0.317 e. The molecule has 1 fully saturated rings. The van der Waals surface area contributed by atoms with Gasteiger partial charge in [0.25, 0.3) is 0 Å². The Morgan fingerprint density at radius 3 is 2.76 bits per heavy atom. The Morgan fingerprint density at radius 2 is 2.05 bits per heavy atom. The molecule has 1 N–H and O–H groups in total. The van der Waals surface area contributed by atoms with Gasteiger partial charge in [-0.15, -0.1) is 0 Å². The zero-order valence-electron chi connectivity index (χ0n) is 12.6. The third-order valence-electron chi connectivity index (χ3n) is 4.04. The molecule has 0 unspecified atom stereocenters. The number of piperidine rings is 1. The summed E-state index contributed by atoms with van der Waals surface area (Å²) in [5.41, 5.74) is 3.06. The molecule has 0 saturated carbocycles. The Balaban J connectivity index is 1.65. The van der Waals surface area contributed by atoms with E-state index >= 15 is 0 Å². The van der Waals surface area contributed by atoms with Gasteiger partial charge < -0.3 is 5.32 Å². The van der Waals surface area contributed by atoms with Gasteiger partial charge in [0.15, 0.2) is 0 Å². The van der Waals surface area contributed by atoms with Crippen LogP contribution in [0.25, 0.3) is 11.3 Å². The maximum atomic E-state index is 4.58. The van der Waals surface area contributed by atoms with Crippen LogP contribution >= 0.6 is 0 Å². The minimum atomic E-state index is 0.749. The standard InChI is InChI=1S/C16H23N5/c1-2-7-21-12-14(9-20-21)16-11-18-15(10-19-16)8-13-3-5-17-6-4-13/h9-13,17H,2-8H2,1H3. The molecule has 0 atom stereocenters. The Morgan fingerprint density at radius 1 is 1.19 bits per heavy atom. The van der Waals surface area contributed by atoms with E-state index in [4.69, 9.17) is 0 Å². The summed E-state index contributed by atoms with van der Waals surface area (Å²) in [4.78, 5) is 9.14. The van der Waals surface area contributed by atoms with Gasteiger partial charge in [0.05, 0.1) is 23.8 Å². The molecule has 2 aromatic heterocycles. The minimum Gasteiger partial charge on any atom is -0.317 e. The van der Waals surface area contributed by atoms with Crippen molar-refractivity contribution in [2.75, 3.05) is 13.1 Å². The summed E-state index contributed by atoms with van der Waals surface area (Å²) in [6.45, 7) is 5.36. The zero-order chi connectivity index (χ0) is 14.5. The molecular weight excluding hydrogens is 262 g/mol. The van der Waals surface area contributed by atoms with Gasteiger partial charge in [-0.1, -0.05) is 6.92 Å². The maximum Gasteiger partial charge on any atom is 0.0916 e. The van der Waals surface area contributed by atoms with Crippen molar-refractivity contribution in [2.45, 2.75) is 39.2 Å². The van der Waals surface area contributed by atoms with Crippen LogP contribution < -0.4 is 5.32 Å². The van der Waals surface area contributed by atoms with Gasteiger partial charge in [-0.25, -0.2) is 0 Å². The van der Waals surface area contributed by atoms with Gasteiger partial charge in [0.2, 0.25) is 0 Å². The average molecular weight is 285 g/mol. The molecule has 3 heterocycles. The van der Waals surface area contributed by atoms with Gasteiger partial charge in [-0.05, 0) is 44.7 Å². The second-order valence-corrected chi connectivity index (χ2v) is 5.78. The van der Waals surface area contributed by atoms with Gasteiger partial charge in [-0.2, -0.15) is 5.10 Å². The van der Waals surface area contributed by atoms with Crippen LogP contribution in [0, 0.1) is 5.92 Å². The predicted octanol–water partition coefficient (Wildman–Crippen LogP) is 2.29. The van der Waals surface area contributed by atoms with Crippen molar-refractivity contribution in [2.24, 2.45) is 5.92 Å². The van der Waals surface area contributed by atoms with Crippen LogP contribution in [0.4, 0.5) is 0 Å². The lowest BCUT2D eigenvalue weighted by molar-refractivity contribution is 0.370. The number of aryl methyl sites for hydroxylation is 1. The van der Waals surface area contributed by atoms with E-state index in [0.717, 1.165) is 55.3 Å². The SMILES string of the molecule is CCCn1cc(-c2cnc(CC3CCNCC3)cn2)cn1. The second kappa shape index (κ2) is 6.80. The first-order valence-electron chi connectivity index (χ1n) is 7.89. The summed E-state index contributed by atoms with van der Waals surface area (Å²) in [7, 11) is 0. The van der Waals surface area contributed by atoms with Crippen LogP contribution in [0.5, 0.6) is 0 Å². The van der Waals surface area contributed by atoms with Crippen molar-refractivity contribution in [1.29, 1.82) is 0 Å². The summed E-state index contributed by atoms with van der Waals surface area (Å²) in [5, 5.41) is 7.74. The molecule has 0 spiro atoms. The number of hydrogen-bond acceptors (Lipinski definition) is 4. The Hall–Kier alpha value is -1.75. The molecule has 5 nitrogen and oxygen atoms in total. The molecule has 3 rings (SSSR count). The molecule has 0 bridgehead atoms. The summed E-state index contributed by atoms with van der Waals surface area (Å²) in [6, 6.07) is 0. The van der Waals surface area contributed by atoms with E-state index in [2.05, 4.69) is 27.3 Å². The fourth-order valence-corrected chi connectivity index (χ4v) is 2.84. The number of aromatic nitrogens is 4. The van der Waals surface area contributed by atoms with E-state index < -0.39 is 0 Å². The van der Waals surface area contributed by atoms with E-state index in [0.29, 0.717) is 0 Å². The van der Waals surface area contributed by atoms with Crippen molar-refractivity contribution in [3.63, 3.8) is 0 Å². The maximum absolute atomic E-state index is 4.58. The van der Waals surface area contributed by atoms with E-state index in [1.165, 1.54) is 12.8 Å². The highest BCUT2D eigenvalue weighted by Crippen LogP contribution is 2.19. The Labute approximate surface area is 125 Å². The minimum absolute atomic E-state index is 0.749. The highest BCUT2D eigenvalue weighted by Gasteiger charge is 2.14. The summed E-state index contributed by atoms with van der Waals surface area (Å²) in [6.07, 6.45) is 12.3. The normalized spacial score (nSPS) is 16.2. The first kappa shape index (κ1) is 14.2. The van der Waals surface area contributed by atoms with E-state index in [9.17, 15) is 0 Å². The third-order valence-corrected chi connectivity index (χ3v) is 4.04. The van der Waals surface area contributed by atoms with Crippen molar-refractivity contribution in [3.8, 4) is 11.3 Å². The molecular formula is C16H23N5. The molecule has 0 aromatic carbocycles. The number of hydrogen-bond donors (Lipinski definition) is 1. The number of rotatable bonds is 5. The topological polar surface area (TPSA) is 55.6 Å². The Kier molecular flexibility index (Phi) is 4.60. The van der Waals surface area contributed by atoms with Gasteiger partial charge in [0.1, 0.15) is 0 Å². The predicted molar refractivity (Wildman–Crippen MR) is 82.8 cm³/mol. The molecule has 5 heteroatoms. The van der Waals surface area contributed by atoms with Crippen LogP contribution in [-0.2, 0) is 13.0 Å². The van der Waals surface area contributed by atoms with Crippen molar-refractivity contribution in [3.05, 3.63) is 30.5 Å². The van der Waals surface area contributed by atoms with Crippen molar-refractivity contribution < 1.29 is 0 Å². The monoisotopic (exact) mass is 285 g/mol. The molecule has 1 aliphatic rings. The molecule has 1 aliphatic heterocycles. The molecule has 0 radical (unpaired) electrons. The van der Waals surface area contributed by atoms with Gasteiger partial charge in [-0.3, -0.25) is 14.6 Å². The number of nitrogens with one attached hydrogen (secondary N) is 1. The highest BCUT2D eigenvalue weighted by atomic mass is 15.3. The Bertz CT molecular complexity index is 554. The summed E-state index contributed by atoms with van der Waals surface area (Å²) < 4.78 is 1.96. The fourth-order valence-electron chi connectivity index (χ4n) is 2.84. The van der Waals surface area contributed by atoms with Crippen LogP contribution in [0.1, 0.15) is 31.9 Å². The lowest BCUT2D eigenvalue weighted by Gasteiger charge is -2.21. The van der Waals surface area contributed by atoms with Gasteiger partial charge >= 0.3 is 0 Å². The van der Waals surface area contributed by atoms with Crippen LogP contribution in [0.2, 0.25) is 0 Å². The van der Waals surface area contributed by atoms with E-state index in [-0.39, 0.29) is 0 Å². The molecule has 112 valence electrons. The zero-order valence-corrected chi connectivity index (χ0v) is 12.6. The first-order valence-corrected chi connectivity index (χ1v) is 7.89. The average Bonchev–Trinajstić information content (AvgIpc) is 2.98. The molecule has 21 heavy (non-hydrogen) atoms. The first-order chi connectivity index (χ1) is 10.3. The lowest BCUT2D eigenvalue weighted by atomic mass is 9.93. The van der Waals surface area contributed by atoms with E-state index in [1.54, 1.807) is 0 Å². The molecule has 2 aromatic rings. The lowest BCUT2D eigenvalue weighted by Crippen LogP contribution is -2.28. The quantitative estimate of drug-likeness (QED) is 0.916. The van der Waals surface area contributed by atoms with E-state index in [1.807, 2.05) is 29.5 Å². The smallest absolute Gasteiger partial charge is 0.0916 e. The van der Waals surface area contributed by atoms with Crippen molar-refractivity contribution >= 4 is 0 Å². The summed E-state index contributed by atoms with van der Waals surface area (Å²) >= 11 is 0. The number of nitrogens with zero attached hydrogens (tertiary/aromatic N) is 4.